The first-order valence-electron chi connectivity index (χ1n) is 6.76. The van der Waals surface area contributed by atoms with E-state index in [-0.39, 0.29) is 6.10 Å². The molecular formula is C13H28N2O. The summed E-state index contributed by atoms with van der Waals surface area (Å²) in [5.74, 6) is 0.901. The van der Waals surface area contributed by atoms with Crippen LogP contribution in [0.25, 0.3) is 0 Å². The molecule has 16 heavy (non-hydrogen) atoms. The molecule has 0 aromatic rings. The maximum absolute atomic E-state index is 9.92. The van der Waals surface area contributed by atoms with Gasteiger partial charge in [-0.1, -0.05) is 6.92 Å². The van der Waals surface area contributed by atoms with Gasteiger partial charge in [0, 0.05) is 25.7 Å². The van der Waals surface area contributed by atoms with Crippen LogP contribution in [0.1, 0.15) is 40.0 Å². The van der Waals surface area contributed by atoms with Crippen molar-refractivity contribution in [2.24, 2.45) is 5.92 Å². The lowest BCUT2D eigenvalue weighted by molar-refractivity contribution is 0.0917. The van der Waals surface area contributed by atoms with Crippen LogP contribution in [-0.4, -0.2) is 48.3 Å². The summed E-state index contributed by atoms with van der Waals surface area (Å²) >= 11 is 0. The van der Waals surface area contributed by atoms with Crippen LogP contribution in [0.5, 0.6) is 0 Å². The lowest BCUT2D eigenvalue weighted by Gasteiger charge is -2.28. The van der Waals surface area contributed by atoms with Crippen LogP contribution in [0.4, 0.5) is 0 Å². The van der Waals surface area contributed by atoms with E-state index in [1.807, 2.05) is 0 Å². The molecule has 3 heteroatoms. The Kier molecular flexibility index (Phi) is 6.32. The quantitative estimate of drug-likeness (QED) is 0.587. The first-order valence-corrected chi connectivity index (χ1v) is 6.76. The van der Waals surface area contributed by atoms with Gasteiger partial charge in [0.1, 0.15) is 0 Å². The molecule has 1 rings (SSSR count). The number of nitrogens with one attached hydrogen (secondary N) is 1. The van der Waals surface area contributed by atoms with Gasteiger partial charge in [-0.15, -0.1) is 0 Å². The molecule has 1 saturated carbocycles. The number of hydrogen-bond acceptors (Lipinski definition) is 3. The molecule has 0 aromatic heterocycles. The van der Waals surface area contributed by atoms with E-state index in [2.05, 4.69) is 31.0 Å². The third-order valence-corrected chi connectivity index (χ3v) is 3.17. The molecule has 0 saturated heterocycles. The third-order valence-electron chi connectivity index (χ3n) is 3.17. The number of nitrogens with zero attached hydrogens (tertiary/aromatic N) is 1. The fourth-order valence-corrected chi connectivity index (χ4v) is 1.91. The van der Waals surface area contributed by atoms with Gasteiger partial charge in [-0.3, -0.25) is 4.90 Å². The molecule has 1 aliphatic carbocycles. The number of aliphatic hydroxyl groups excluding tert-OH is 1. The zero-order chi connectivity index (χ0) is 12.0. The van der Waals surface area contributed by atoms with Crippen molar-refractivity contribution in [3.8, 4) is 0 Å². The summed E-state index contributed by atoms with van der Waals surface area (Å²) in [5, 5.41) is 13.2. The minimum Gasteiger partial charge on any atom is -0.390 e. The Morgan fingerprint density at radius 2 is 2.06 bits per heavy atom. The van der Waals surface area contributed by atoms with E-state index in [1.165, 1.54) is 19.4 Å². The monoisotopic (exact) mass is 228 g/mol. The second-order valence-electron chi connectivity index (χ2n) is 5.35. The standard InChI is InChI=1S/C13H28N2O/c1-4-7-14-8-13(16)10-15(11(2)3)9-12-5-6-12/h11-14,16H,4-10H2,1-3H3. The average Bonchev–Trinajstić information content (AvgIpc) is 3.01. The van der Waals surface area contributed by atoms with Crippen LogP contribution in [-0.2, 0) is 0 Å². The first kappa shape index (κ1) is 13.9. The maximum atomic E-state index is 9.92. The lowest BCUT2D eigenvalue weighted by atomic mass is 10.2. The summed E-state index contributed by atoms with van der Waals surface area (Å²) in [4.78, 5) is 2.41. The normalized spacial score (nSPS) is 18.4. The molecule has 0 amide bonds. The molecule has 1 atom stereocenters. The molecule has 3 nitrogen and oxygen atoms in total. The topological polar surface area (TPSA) is 35.5 Å². The Balaban J connectivity index is 2.18. The Morgan fingerprint density at radius 3 is 2.56 bits per heavy atom. The molecule has 0 spiro atoms. The van der Waals surface area contributed by atoms with Crippen molar-refractivity contribution in [2.45, 2.75) is 52.2 Å². The zero-order valence-corrected chi connectivity index (χ0v) is 11.1. The predicted molar refractivity (Wildman–Crippen MR) is 68.6 cm³/mol. The average molecular weight is 228 g/mol. The predicted octanol–water partition coefficient (Wildman–Crippen LogP) is 1.47. The Bertz CT molecular complexity index is 181. The second-order valence-corrected chi connectivity index (χ2v) is 5.35. The Morgan fingerprint density at radius 1 is 1.38 bits per heavy atom. The molecule has 1 fully saturated rings. The highest BCUT2D eigenvalue weighted by Gasteiger charge is 2.26. The third kappa shape index (κ3) is 5.83. The zero-order valence-electron chi connectivity index (χ0n) is 11.1. The molecule has 0 aliphatic heterocycles. The largest absolute Gasteiger partial charge is 0.390 e. The summed E-state index contributed by atoms with van der Waals surface area (Å²) in [5.41, 5.74) is 0. The van der Waals surface area contributed by atoms with Gasteiger partial charge in [0.05, 0.1) is 6.10 Å². The molecule has 2 N–H and O–H groups in total. The van der Waals surface area contributed by atoms with E-state index in [9.17, 15) is 5.11 Å². The van der Waals surface area contributed by atoms with E-state index in [1.54, 1.807) is 0 Å². The van der Waals surface area contributed by atoms with Gasteiger partial charge in [-0.2, -0.15) is 0 Å². The fraction of sp³-hybridized carbons (Fsp3) is 1.00. The van der Waals surface area contributed by atoms with Gasteiger partial charge in [0.15, 0.2) is 0 Å². The minimum absolute atomic E-state index is 0.229. The van der Waals surface area contributed by atoms with E-state index in [0.717, 1.165) is 32.0 Å². The van der Waals surface area contributed by atoms with Crippen molar-refractivity contribution in [1.29, 1.82) is 0 Å². The Hall–Kier alpha value is -0.120. The molecule has 0 aromatic carbocycles. The fourth-order valence-electron chi connectivity index (χ4n) is 1.91. The lowest BCUT2D eigenvalue weighted by Crippen LogP contribution is -2.42. The molecule has 96 valence electrons. The van der Waals surface area contributed by atoms with E-state index < -0.39 is 0 Å². The van der Waals surface area contributed by atoms with E-state index in [4.69, 9.17) is 0 Å². The molecular weight excluding hydrogens is 200 g/mol. The minimum atomic E-state index is -0.229. The van der Waals surface area contributed by atoms with Crippen molar-refractivity contribution in [2.75, 3.05) is 26.2 Å². The highest BCUT2D eigenvalue weighted by molar-refractivity contribution is 4.80. The van der Waals surface area contributed by atoms with E-state index >= 15 is 0 Å². The molecule has 0 radical (unpaired) electrons. The SMILES string of the molecule is CCCNCC(O)CN(CC1CC1)C(C)C. The smallest absolute Gasteiger partial charge is 0.0791 e. The maximum Gasteiger partial charge on any atom is 0.0791 e. The summed E-state index contributed by atoms with van der Waals surface area (Å²) in [7, 11) is 0. The van der Waals surface area contributed by atoms with Crippen LogP contribution in [0.3, 0.4) is 0 Å². The number of hydrogen-bond donors (Lipinski definition) is 2. The molecule has 1 aliphatic rings. The van der Waals surface area contributed by atoms with Crippen LogP contribution < -0.4 is 5.32 Å². The molecule has 1 unspecified atom stereocenters. The van der Waals surface area contributed by atoms with Crippen molar-refractivity contribution in [1.82, 2.24) is 10.2 Å². The summed E-state index contributed by atoms with van der Waals surface area (Å²) in [6.07, 6.45) is 3.66. The summed E-state index contributed by atoms with van der Waals surface area (Å²) in [6, 6.07) is 0.543. The van der Waals surface area contributed by atoms with Crippen LogP contribution in [0.15, 0.2) is 0 Å². The number of rotatable bonds is 9. The van der Waals surface area contributed by atoms with Crippen molar-refractivity contribution >= 4 is 0 Å². The highest BCUT2D eigenvalue weighted by atomic mass is 16.3. The number of aliphatic hydroxyl groups is 1. The van der Waals surface area contributed by atoms with Gasteiger partial charge in [0.25, 0.3) is 0 Å². The van der Waals surface area contributed by atoms with Gasteiger partial charge in [0.2, 0.25) is 0 Å². The van der Waals surface area contributed by atoms with Crippen molar-refractivity contribution in [3.05, 3.63) is 0 Å². The van der Waals surface area contributed by atoms with Gasteiger partial charge in [-0.05, 0) is 45.6 Å². The Labute approximate surface area is 100 Å². The van der Waals surface area contributed by atoms with E-state index in [0.29, 0.717) is 6.04 Å². The van der Waals surface area contributed by atoms with Crippen LogP contribution in [0.2, 0.25) is 0 Å². The van der Waals surface area contributed by atoms with Gasteiger partial charge in [-0.25, -0.2) is 0 Å². The molecule has 0 bridgehead atoms. The second kappa shape index (κ2) is 7.25. The summed E-state index contributed by atoms with van der Waals surface area (Å²) < 4.78 is 0. The van der Waals surface area contributed by atoms with Gasteiger partial charge < -0.3 is 10.4 Å². The molecule has 0 heterocycles. The van der Waals surface area contributed by atoms with Crippen molar-refractivity contribution in [3.63, 3.8) is 0 Å². The van der Waals surface area contributed by atoms with Gasteiger partial charge >= 0.3 is 0 Å². The highest BCUT2D eigenvalue weighted by Crippen LogP contribution is 2.30. The van der Waals surface area contributed by atoms with Crippen LogP contribution >= 0.6 is 0 Å². The first-order chi connectivity index (χ1) is 7.63. The van der Waals surface area contributed by atoms with Crippen molar-refractivity contribution < 1.29 is 5.11 Å². The van der Waals surface area contributed by atoms with Crippen LogP contribution in [0, 0.1) is 5.92 Å². The summed E-state index contributed by atoms with van der Waals surface area (Å²) in [6.45, 7) is 10.3.